The predicted molar refractivity (Wildman–Crippen MR) is 117 cm³/mol. The van der Waals surface area contributed by atoms with E-state index in [9.17, 15) is 10.3 Å². The van der Waals surface area contributed by atoms with Gasteiger partial charge in [-0.15, -0.1) is 0 Å². The highest BCUT2D eigenvalue weighted by atomic mass is 16.5. The van der Waals surface area contributed by atoms with Gasteiger partial charge in [0.1, 0.15) is 12.5 Å². The van der Waals surface area contributed by atoms with Crippen molar-refractivity contribution in [2.75, 3.05) is 0 Å². The molecule has 1 atom stereocenters. The van der Waals surface area contributed by atoms with Gasteiger partial charge in [-0.25, -0.2) is 4.74 Å². The van der Waals surface area contributed by atoms with E-state index in [4.69, 9.17) is 0 Å². The number of nitrogens with zero attached hydrogens (tertiary/aromatic N) is 1. The highest BCUT2D eigenvalue weighted by Gasteiger charge is 2.45. The van der Waals surface area contributed by atoms with Crippen LogP contribution in [0.1, 0.15) is 75.8 Å². The van der Waals surface area contributed by atoms with E-state index in [1.165, 1.54) is 0 Å². The minimum atomic E-state index is -0.918. The van der Waals surface area contributed by atoms with Gasteiger partial charge < -0.3 is 10.3 Å². The van der Waals surface area contributed by atoms with Crippen LogP contribution in [0.5, 0.6) is 5.75 Å². The number of hydrogen-bond donors (Lipinski definition) is 1. The molecular weight excluding hydrogens is 346 g/mol. The lowest BCUT2D eigenvalue weighted by Crippen LogP contribution is -2.39. The van der Waals surface area contributed by atoms with E-state index in [1.54, 1.807) is 0 Å². The fourth-order valence-electron chi connectivity index (χ4n) is 4.16. The number of aromatic hydroxyl groups is 1. The first-order valence-electron chi connectivity index (χ1n) is 9.81. The molecule has 2 aromatic carbocycles. The Bertz CT molecular complexity index is 922. The van der Waals surface area contributed by atoms with Crippen molar-refractivity contribution in [2.24, 2.45) is 0 Å². The van der Waals surface area contributed by atoms with Gasteiger partial charge in [0.25, 0.3) is 0 Å². The molecule has 0 saturated heterocycles. The van der Waals surface area contributed by atoms with E-state index in [-0.39, 0.29) is 10.8 Å². The molecule has 1 aliphatic rings. The normalized spacial score (nSPS) is 19.4. The van der Waals surface area contributed by atoms with Crippen LogP contribution in [0.15, 0.2) is 42.5 Å². The number of hydrogen-bond acceptors (Lipinski definition) is 2. The van der Waals surface area contributed by atoms with Crippen molar-refractivity contribution in [3.05, 3.63) is 75.5 Å². The maximum Gasteiger partial charge on any atom is 0.226 e. The lowest BCUT2D eigenvalue weighted by Gasteiger charge is -2.37. The molecule has 28 heavy (non-hydrogen) atoms. The molecule has 3 heteroatoms. The summed E-state index contributed by atoms with van der Waals surface area (Å²) in [6.45, 7) is 16.3. The molecule has 0 aliphatic heterocycles. The maximum absolute atomic E-state index is 13.0. The second kappa shape index (κ2) is 6.51. The van der Waals surface area contributed by atoms with Crippen LogP contribution in [0.3, 0.4) is 0 Å². The van der Waals surface area contributed by atoms with Crippen molar-refractivity contribution in [1.29, 1.82) is 0 Å². The van der Waals surface area contributed by atoms with Crippen LogP contribution in [0.25, 0.3) is 6.08 Å². The number of hydroxylamine groups is 1. The standard InChI is InChI=1S/C25H31NO2/c1-23(2,3)20-15-18(16-21(22(20)27)24(4,5)6)25(26(7)28)14-10-12-17-11-8-9-13-19(17)25/h8-13,15-16,27H,7,14H2,1-6H3. The Balaban J connectivity index is 2.42. The van der Waals surface area contributed by atoms with E-state index in [0.29, 0.717) is 12.2 Å². The van der Waals surface area contributed by atoms with E-state index in [0.717, 1.165) is 32.6 Å². The van der Waals surface area contributed by atoms with E-state index in [2.05, 4.69) is 54.3 Å². The molecule has 2 aromatic rings. The average molecular weight is 378 g/mol. The average Bonchev–Trinajstić information content (AvgIpc) is 2.59. The predicted octanol–water partition coefficient (Wildman–Crippen LogP) is 5.86. The van der Waals surface area contributed by atoms with Crippen molar-refractivity contribution >= 4 is 12.8 Å². The molecule has 0 saturated carbocycles. The molecule has 0 fully saturated rings. The summed E-state index contributed by atoms with van der Waals surface area (Å²) in [5.41, 5.74) is 3.11. The first kappa shape index (κ1) is 20.2. The molecule has 0 heterocycles. The van der Waals surface area contributed by atoms with Gasteiger partial charge in [0, 0.05) is 28.7 Å². The van der Waals surface area contributed by atoms with E-state index < -0.39 is 5.54 Å². The van der Waals surface area contributed by atoms with Gasteiger partial charge in [0.2, 0.25) is 5.54 Å². The molecule has 0 aromatic heterocycles. The van der Waals surface area contributed by atoms with Gasteiger partial charge in [0.15, 0.2) is 0 Å². The molecule has 0 amide bonds. The molecule has 1 N–H and O–H groups in total. The number of fused-ring (bicyclic) bond motifs is 1. The lowest BCUT2D eigenvalue weighted by atomic mass is 9.71. The summed E-state index contributed by atoms with van der Waals surface area (Å²) in [4.78, 5) is 0. The van der Waals surface area contributed by atoms with Crippen LogP contribution in [0.4, 0.5) is 0 Å². The third-order valence-electron chi connectivity index (χ3n) is 5.75. The Hall–Kier alpha value is -2.55. The molecule has 0 bridgehead atoms. The van der Waals surface area contributed by atoms with Crippen molar-refractivity contribution < 1.29 is 9.85 Å². The molecule has 1 aliphatic carbocycles. The largest absolute Gasteiger partial charge is 0.623 e. The minimum absolute atomic E-state index is 0.264. The molecule has 0 radical (unpaired) electrons. The van der Waals surface area contributed by atoms with Crippen molar-refractivity contribution in [1.82, 2.24) is 0 Å². The van der Waals surface area contributed by atoms with Gasteiger partial charge in [-0.3, -0.25) is 0 Å². The zero-order valence-electron chi connectivity index (χ0n) is 17.8. The Morgan fingerprint density at radius 2 is 1.54 bits per heavy atom. The monoisotopic (exact) mass is 377 g/mol. The Labute approximate surface area is 168 Å². The minimum Gasteiger partial charge on any atom is -0.623 e. The summed E-state index contributed by atoms with van der Waals surface area (Å²) in [5, 5.41) is 24.1. The summed E-state index contributed by atoms with van der Waals surface area (Å²) >= 11 is 0. The molecule has 148 valence electrons. The van der Waals surface area contributed by atoms with Crippen LogP contribution >= 0.6 is 0 Å². The zero-order valence-corrected chi connectivity index (χ0v) is 17.8. The summed E-state index contributed by atoms with van der Waals surface area (Å²) in [6.07, 6.45) is 4.64. The van der Waals surface area contributed by atoms with Crippen LogP contribution < -0.4 is 0 Å². The molecule has 3 rings (SSSR count). The second-order valence-corrected chi connectivity index (χ2v) is 9.85. The second-order valence-electron chi connectivity index (χ2n) is 9.85. The fraction of sp³-hybridized carbons (Fsp3) is 0.400. The van der Waals surface area contributed by atoms with Crippen LogP contribution in [-0.2, 0) is 16.4 Å². The number of phenols is 1. The quantitative estimate of drug-likeness (QED) is 0.308. The van der Waals surface area contributed by atoms with E-state index in [1.807, 2.05) is 42.5 Å². The Kier molecular flexibility index (Phi) is 4.69. The Morgan fingerprint density at radius 1 is 1.00 bits per heavy atom. The van der Waals surface area contributed by atoms with Crippen LogP contribution in [-0.4, -0.2) is 16.6 Å². The topological polar surface area (TPSA) is 46.3 Å². The van der Waals surface area contributed by atoms with Gasteiger partial charge in [-0.05, 0) is 28.5 Å². The lowest BCUT2D eigenvalue weighted by molar-refractivity contribution is -0.537. The fourth-order valence-corrected chi connectivity index (χ4v) is 4.16. The van der Waals surface area contributed by atoms with Crippen LogP contribution in [0.2, 0.25) is 0 Å². The molecule has 1 unspecified atom stereocenters. The zero-order chi connectivity index (χ0) is 20.9. The third kappa shape index (κ3) is 3.13. The summed E-state index contributed by atoms with van der Waals surface area (Å²) < 4.78 is 0.834. The highest BCUT2D eigenvalue weighted by molar-refractivity contribution is 5.63. The van der Waals surface area contributed by atoms with Crippen molar-refractivity contribution in [3.8, 4) is 5.75 Å². The van der Waals surface area contributed by atoms with Crippen molar-refractivity contribution in [2.45, 2.75) is 64.3 Å². The molecular formula is C25H31NO2. The Morgan fingerprint density at radius 3 is 2.04 bits per heavy atom. The van der Waals surface area contributed by atoms with Gasteiger partial charge >= 0.3 is 0 Å². The first-order chi connectivity index (χ1) is 12.9. The third-order valence-corrected chi connectivity index (χ3v) is 5.75. The molecule has 3 nitrogen and oxygen atoms in total. The number of benzene rings is 2. The SMILES string of the molecule is C=[N+]([O-])C1(c2cc(C(C)(C)C)c(O)c(C(C)(C)C)c2)CC=Cc2ccccc21. The first-order valence-corrected chi connectivity index (χ1v) is 9.81. The van der Waals surface area contributed by atoms with Gasteiger partial charge in [-0.1, -0.05) is 78.0 Å². The van der Waals surface area contributed by atoms with Crippen LogP contribution in [0, 0.1) is 5.21 Å². The summed E-state index contributed by atoms with van der Waals surface area (Å²) in [7, 11) is 0. The molecule has 0 spiro atoms. The smallest absolute Gasteiger partial charge is 0.226 e. The summed E-state index contributed by atoms with van der Waals surface area (Å²) in [5.74, 6) is 0.319. The number of rotatable bonds is 2. The van der Waals surface area contributed by atoms with E-state index >= 15 is 0 Å². The van der Waals surface area contributed by atoms with Gasteiger partial charge in [0.05, 0.1) is 0 Å². The van der Waals surface area contributed by atoms with Crippen molar-refractivity contribution in [3.63, 3.8) is 0 Å². The maximum atomic E-state index is 13.0. The number of phenolic OH excluding ortho intramolecular Hbond substituents is 1. The highest BCUT2D eigenvalue weighted by Crippen LogP contribution is 2.47. The van der Waals surface area contributed by atoms with Gasteiger partial charge in [-0.2, -0.15) is 0 Å². The summed E-state index contributed by atoms with van der Waals surface area (Å²) in [6, 6.07) is 12.0.